The summed E-state index contributed by atoms with van der Waals surface area (Å²) >= 11 is 0. The fourth-order valence-corrected chi connectivity index (χ4v) is 1.49. The Morgan fingerprint density at radius 3 is 2.12 bits per heavy atom. The fraction of sp³-hybridized carbons (Fsp3) is 1.00. The van der Waals surface area contributed by atoms with Crippen LogP contribution in [0, 0.1) is 0 Å². The molecular formula is C10H21F3N2O. The Labute approximate surface area is 94.6 Å². The van der Waals surface area contributed by atoms with Gasteiger partial charge in [0.25, 0.3) is 0 Å². The van der Waals surface area contributed by atoms with E-state index in [2.05, 4.69) is 5.32 Å². The summed E-state index contributed by atoms with van der Waals surface area (Å²) in [7, 11) is 1.63. The molecule has 0 aromatic heterocycles. The van der Waals surface area contributed by atoms with Gasteiger partial charge >= 0.3 is 6.18 Å². The van der Waals surface area contributed by atoms with Crippen molar-refractivity contribution < 1.29 is 18.3 Å². The van der Waals surface area contributed by atoms with E-state index in [1.165, 1.54) is 4.90 Å². The molecule has 0 rings (SSSR count). The van der Waals surface area contributed by atoms with Crippen molar-refractivity contribution in [3.63, 3.8) is 0 Å². The molecule has 0 fully saturated rings. The highest BCUT2D eigenvalue weighted by atomic mass is 19.4. The smallest absolute Gasteiger partial charge is 0.394 e. The van der Waals surface area contributed by atoms with E-state index in [4.69, 9.17) is 5.11 Å². The summed E-state index contributed by atoms with van der Waals surface area (Å²) in [5.74, 6) is 0. The van der Waals surface area contributed by atoms with Crippen molar-refractivity contribution in [1.82, 2.24) is 10.2 Å². The molecule has 0 aromatic rings. The van der Waals surface area contributed by atoms with Crippen LogP contribution >= 0.6 is 0 Å². The van der Waals surface area contributed by atoms with Gasteiger partial charge in [-0.25, -0.2) is 0 Å². The van der Waals surface area contributed by atoms with Gasteiger partial charge in [-0.1, -0.05) is 6.92 Å². The van der Waals surface area contributed by atoms with E-state index < -0.39 is 18.3 Å². The molecule has 6 heteroatoms. The Morgan fingerprint density at radius 2 is 1.81 bits per heavy atom. The zero-order valence-corrected chi connectivity index (χ0v) is 10.1. The van der Waals surface area contributed by atoms with Crippen molar-refractivity contribution in [2.24, 2.45) is 0 Å². The Morgan fingerprint density at radius 1 is 1.25 bits per heavy atom. The minimum absolute atomic E-state index is 0.174. The molecule has 16 heavy (non-hydrogen) atoms. The van der Waals surface area contributed by atoms with Gasteiger partial charge in [-0.05, 0) is 26.9 Å². The predicted octanol–water partition coefficient (Wildman–Crippen LogP) is 1.23. The summed E-state index contributed by atoms with van der Waals surface area (Å²) < 4.78 is 36.9. The molecule has 0 saturated carbocycles. The van der Waals surface area contributed by atoms with Crippen LogP contribution in [0.2, 0.25) is 0 Å². The van der Waals surface area contributed by atoms with Crippen LogP contribution in [0.3, 0.4) is 0 Å². The van der Waals surface area contributed by atoms with E-state index >= 15 is 0 Å². The van der Waals surface area contributed by atoms with E-state index in [1.807, 2.05) is 6.92 Å². The number of hydrogen-bond acceptors (Lipinski definition) is 3. The summed E-state index contributed by atoms with van der Waals surface area (Å²) in [5, 5.41) is 12.0. The molecule has 3 nitrogen and oxygen atoms in total. The third-order valence-corrected chi connectivity index (χ3v) is 2.47. The average Bonchev–Trinajstić information content (AvgIpc) is 2.15. The number of hydrogen-bond donors (Lipinski definition) is 2. The largest absolute Gasteiger partial charge is 0.401 e. The number of halogens is 3. The zero-order valence-electron chi connectivity index (χ0n) is 10.1. The molecule has 0 saturated heterocycles. The molecule has 0 aliphatic rings. The van der Waals surface area contributed by atoms with Gasteiger partial charge in [-0.2, -0.15) is 13.2 Å². The lowest BCUT2D eigenvalue weighted by Crippen LogP contribution is -2.54. The minimum Gasteiger partial charge on any atom is -0.394 e. The van der Waals surface area contributed by atoms with Crippen molar-refractivity contribution in [2.75, 3.05) is 33.3 Å². The van der Waals surface area contributed by atoms with E-state index in [9.17, 15) is 13.2 Å². The van der Waals surface area contributed by atoms with Crippen LogP contribution in [0.5, 0.6) is 0 Å². The summed E-state index contributed by atoms with van der Waals surface area (Å²) in [5.41, 5.74) is -0.694. The summed E-state index contributed by atoms with van der Waals surface area (Å²) in [4.78, 5) is 1.31. The van der Waals surface area contributed by atoms with E-state index in [0.29, 0.717) is 13.0 Å². The lowest BCUT2D eigenvalue weighted by molar-refractivity contribution is -0.148. The number of likely N-dealkylation sites (N-methyl/N-ethyl adjacent to an activating group) is 1. The SMILES string of the molecule is CCCN(CC(F)(F)F)CC(C)(CO)NC. The second-order valence-corrected chi connectivity index (χ2v) is 4.29. The minimum atomic E-state index is -4.20. The molecule has 98 valence electrons. The highest BCUT2D eigenvalue weighted by molar-refractivity contribution is 4.85. The zero-order chi connectivity index (χ0) is 12.8. The van der Waals surface area contributed by atoms with Gasteiger partial charge in [0.2, 0.25) is 0 Å². The number of nitrogens with zero attached hydrogens (tertiary/aromatic N) is 1. The normalized spacial score (nSPS) is 16.5. The highest BCUT2D eigenvalue weighted by Gasteiger charge is 2.33. The first-order valence-electron chi connectivity index (χ1n) is 5.35. The van der Waals surface area contributed by atoms with Gasteiger partial charge in [0.05, 0.1) is 18.7 Å². The maximum absolute atomic E-state index is 12.3. The Hall–Kier alpha value is -0.330. The van der Waals surface area contributed by atoms with Crippen LogP contribution in [0.4, 0.5) is 13.2 Å². The van der Waals surface area contributed by atoms with Gasteiger partial charge in [-0.15, -0.1) is 0 Å². The number of rotatable bonds is 7. The molecule has 0 amide bonds. The van der Waals surface area contributed by atoms with E-state index in [1.54, 1.807) is 14.0 Å². The van der Waals surface area contributed by atoms with Crippen molar-refractivity contribution in [2.45, 2.75) is 32.0 Å². The Bertz CT molecular complexity index is 193. The van der Waals surface area contributed by atoms with Crippen LogP contribution in [-0.4, -0.2) is 55.0 Å². The van der Waals surface area contributed by atoms with Crippen molar-refractivity contribution in [1.29, 1.82) is 0 Å². The summed E-state index contributed by atoms with van der Waals surface area (Å²) in [6.07, 6.45) is -3.54. The summed E-state index contributed by atoms with van der Waals surface area (Å²) in [6.45, 7) is 2.95. The molecule has 0 aromatic carbocycles. The third-order valence-electron chi connectivity index (χ3n) is 2.47. The van der Waals surface area contributed by atoms with Crippen LogP contribution in [0.25, 0.3) is 0 Å². The standard InChI is InChI=1S/C10H21F3N2O/c1-4-5-15(7-10(11,12)13)6-9(2,8-16)14-3/h14,16H,4-8H2,1-3H3. The maximum Gasteiger partial charge on any atom is 0.401 e. The molecule has 1 unspecified atom stereocenters. The molecule has 1 atom stereocenters. The third kappa shape index (κ3) is 6.30. The first-order valence-corrected chi connectivity index (χ1v) is 5.35. The average molecular weight is 242 g/mol. The molecular weight excluding hydrogens is 221 g/mol. The first-order chi connectivity index (χ1) is 7.26. The van der Waals surface area contributed by atoms with Crippen molar-refractivity contribution in [3.05, 3.63) is 0 Å². The second kappa shape index (κ2) is 6.42. The molecule has 0 radical (unpaired) electrons. The molecule has 0 aliphatic carbocycles. The molecule has 0 spiro atoms. The first kappa shape index (κ1) is 15.7. The van der Waals surface area contributed by atoms with Gasteiger partial charge in [0.15, 0.2) is 0 Å². The van der Waals surface area contributed by atoms with Crippen LogP contribution in [0.1, 0.15) is 20.3 Å². The quantitative estimate of drug-likeness (QED) is 0.705. The highest BCUT2D eigenvalue weighted by Crippen LogP contribution is 2.18. The number of alkyl halides is 3. The monoisotopic (exact) mass is 242 g/mol. The van der Waals surface area contributed by atoms with Gasteiger partial charge in [0.1, 0.15) is 0 Å². The van der Waals surface area contributed by atoms with Crippen LogP contribution < -0.4 is 5.32 Å². The lowest BCUT2D eigenvalue weighted by Gasteiger charge is -2.34. The topological polar surface area (TPSA) is 35.5 Å². The second-order valence-electron chi connectivity index (χ2n) is 4.29. The number of aliphatic hydroxyl groups excluding tert-OH is 1. The van der Waals surface area contributed by atoms with Crippen LogP contribution in [0.15, 0.2) is 0 Å². The lowest BCUT2D eigenvalue weighted by atomic mass is 10.0. The van der Waals surface area contributed by atoms with E-state index in [-0.39, 0.29) is 13.2 Å². The van der Waals surface area contributed by atoms with Crippen LogP contribution in [-0.2, 0) is 0 Å². The fourth-order valence-electron chi connectivity index (χ4n) is 1.49. The van der Waals surface area contributed by atoms with Gasteiger partial charge in [-0.3, -0.25) is 4.90 Å². The predicted molar refractivity (Wildman–Crippen MR) is 57.3 cm³/mol. The Kier molecular flexibility index (Phi) is 6.28. The Balaban J connectivity index is 4.43. The molecule has 0 heterocycles. The summed E-state index contributed by atoms with van der Waals surface area (Å²) in [6, 6.07) is 0. The number of nitrogens with one attached hydrogen (secondary N) is 1. The van der Waals surface area contributed by atoms with Gasteiger partial charge in [0, 0.05) is 6.54 Å². The molecule has 0 aliphatic heterocycles. The molecule has 2 N–H and O–H groups in total. The van der Waals surface area contributed by atoms with E-state index in [0.717, 1.165) is 0 Å². The van der Waals surface area contributed by atoms with Crippen molar-refractivity contribution >= 4 is 0 Å². The molecule has 0 bridgehead atoms. The van der Waals surface area contributed by atoms with Crippen molar-refractivity contribution in [3.8, 4) is 0 Å². The number of aliphatic hydroxyl groups is 1. The maximum atomic E-state index is 12.3. The van der Waals surface area contributed by atoms with Gasteiger partial charge < -0.3 is 10.4 Å².